The first-order valence-corrected chi connectivity index (χ1v) is 6.70. The number of alkyl halides is 1. The van der Waals surface area contributed by atoms with E-state index < -0.39 is 5.82 Å². The van der Waals surface area contributed by atoms with Gasteiger partial charge in [-0.3, -0.25) is 4.79 Å². The fourth-order valence-electron chi connectivity index (χ4n) is 2.41. The first-order chi connectivity index (χ1) is 9.10. The molecule has 2 aromatic rings. The highest BCUT2D eigenvalue weighted by Crippen LogP contribution is 2.29. The van der Waals surface area contributed by atoms with E-state index in [1.54, 1.807) is 0 Å². The molecule has 1 unspecified atom stereocenters. The molecule has 1 atom stereocenters. The number of hydrogen-bond donors (Lipinski definition) is 1. The monoisotopic (exact) mass is 301 g/mol. The summed E-state index contributed by atoms with van der Waals surface area (Å²) >= 11 is 11.6. The Morgan fingerprint density at radius 3 is 2.95 bits per heavy atom. The molecule has 7 heteroatoms. The molecule has 19 heavy (non-hydrogen) atoms. The number of benzene rings is 1. The summed E-state index contributed by atoms with van der Waals surface area (Å²) in [6.45, 7) is 0.498. The highest BCUT2D eigenvalue weighted by Gasteiger charge is 2.27. The van der Waals surface area contributed by atoms with Gasteiger partial charge in [-0.1, -0.05) is 11.6 Å². The summed E-state index contributed by atoms with van der Waals surface area (Å²) in [5, 5.41) is 2.78. The van der Waals surface area contributed by atoms with E-state index in [4.69, 9.17) is 23.2 Å². The zero-order chi connectivity index (χ0) is 13.6. The first kappa shape index (κ1) is 12.7. The minimum Gasteiger partial charge on any atom is -0.354 e. The number of carbonyl (C=O) groups is 1. The fourth-order valence-corrected chi connectivity index (χ4v) is 2.76. The number of imidazole rings is 1. The van der Waals surface area contributed by atoms with Crippen molar-refractivity contribution in [1.82, 2.24) is 14.9 Å². The number of hydrogen-bond acceptors (Lipinski definition) is 2. The molecule has 4 nitrogen and oxygen atoms in total. The molecule has 1 aliphatic rings. The molecule has 0 spiro atoms. The average Bonchev–Trinajstić information content (AvgIpc) is 2.93. The Morgan fingerprint density at radius 2 is 2.32 bits per heavy atom. The van der Waals surface area contributed by atoms with Gasteiger partial charge < -0.3 is 9.88 Å². The highest BCUT2D eigenvalue weighted by molar-refractivity contribution is 6.31. The maximum Gasteiger partial charge on any atom is 0.222 e. The maximum absolute atomic E-state index is 13.6. The van der Waals surface area contributed by atoms with E-state index in [9.17, 15) is 9.18 Å². The smallest absolute Gasteiger partial charge is 0.222 e. The lowest BCUT2D eigenvalue weighted by molar-refractivity contribution is -0.119. The van der Waals surface area contributed by atoms with Gasteiger partial charge in [-0.2, -0.15) is 0 Å². The zero-order valence-corrected chi connectivity index (χ0v) is 11.3. The quantitative estimate of drug-likeness (QED) is 0.867. The Labute approximate surface area is 118 Å². The number of amides is 1. The van der Waals surface area contributed by atoms with E-state index in [-0.39, 0.29) is 22.9 Å². The minimum atomic E-state index is -0.506. The minimum absolute atomic E-state index is 0.0261. The summed E-state index contributed by atoms with van der Waals surface area (Å²) in [5.74, 6) is 0.272. The molecule has 1 saturated heterocycles. The van der Waals surface area contributed by atoms with Crippen LogP contribution >= 0.6 is 23.2 Å². The van der Waals surface area contributed by atoms with Crippen molar-refractivity contribution >= 4 is 40.1 Å². The van der Waals surface area contributed by atoms with Crippen LogP contribution in [0.4, 0.5) is 4.39 Å². The zero-order valence-electron chi connectivity index (χ0n) is 9.79. The van der Waals surface area contributed by atoms with Crippen LogP contribution in [-0.2, 0) is 10.7 Å². The molecule has 1 aromatic carbocycles. The van der Waals surface area contributed by atoms with Crippen LogP contribution in [0.3, 0.4) is 0 Å². The van der Waals surface area contributed by atoms with E-state index in [1.807, 2.05) is 4.57 Å². The molecule has 100 valence electrons. The predicted octanol–water partition coefficient (Wildman–Crippen LogP) is 2.63. The average molecular weight is 302 g/mol. The fraction of sp³-hybridized carbons (Fsp3) is 0.333. The van der Waals surface area contributed by atoms with Gasteiger partial charge in [0.1, 0.15) is 11.6 Å². The number of halogens is 3. The largest absolute Gasteiger partial charge is 0.354 e. The molecule has 1 amide bonds. The van der Waals surface area contributed by atoms with E-state index in [2.05, 4.69) is 10.3 Å². The van der Waals surface area contributed by atoms with Crippen molar-refractivity contribution in [3.8, 4) is 0 Å². The maximum atomic E-state index is 13.6. The molecule has 1 fully saturated rings. The van der Waals surface area contributed by atoms with Gasteiger partial charge >= 0.3 is 0 Å². The summed E-state index contributed by atoms with van der Waals surface area (Å²) < 4.78 is 15.4. The van der Waals surface area contributed by atoms with Gasteiger partial charge in [-0.05, 0) is 6.07 Å². The van der Waals surface area contributed by atoms with E-state index >= 15 is 0 Å². The predicted molar refractivity (Wildman–Crippen MR) is 70.9 cm³/mol. The van der Waals surface area contributed by atoms with Crippen LogP contribution in [0.5, 0.6) is 0 Å². The lowest BCUT2D eigenvalue weighted by Gasteiger charge is -2.13. The van der Waals surface area contributed by atoms with Gasteiger partial charge in [0.05, 0.1) is 28.0 Å². The Balaban J connectivity index is 2.20. The van der Waals surface area contributed by atoms with Gasteiger partial charge in [0.25, 0.3) is 0 Å². The van der Waals surface area contributed by atoms with E-state index in [0.717, 1.165) is 0 Å². The second-order valence-corrected chi connectivity index (χ2v) is 5.12. The Bertz CT molecular complexity index is 671. The standard InChI is InChI=1S/C12H10Cl2FN3O/c13-4-11-17-9-2-7(14)8(15)3-10(9)18(11)6-1-12(19)16-5-6/h2-3,6H,1,4-5H2,(H,16,19). The molecule has 0 radical (unpaired) electrons. The third-order valence-electron chi connectivity index (χ3n) is 3.25. The molecule has 0 saturated carbocycles. The van der Waals surface area contributed by atoms with Crippen molar-refractivity contribution in [2.75, 3.05) is 6.54 Å². The van der Waals surface area contributed by atoms with Crippen LogP contribution in [0.15, 0.2) is 12.1 Å². The number of carbonyl (C=O) groups excluding carboxylic acids is 1. The molecular weight excluding hydrogens is 292 g/mol. The van der Waals surface area contributed by atoms with Crippen LogP contribution < -0.4 is 5.32 Å². The van der Waals surface area contributed by atoms with Gasteiger partial charge in [-0.15, -0.1) is 11.6 Å². The van der Waals surface area contributed by atoms with Crippen molar-refractivity contribution < 1.29 is 9.18 Å². The summed E-state index contributed by atoms with van der Waals surface area (Å²) in [7, 11) is 0. The third kappa shape index (κ3) is 2.07. The number of rotatable bonds is 2. The van der Waals surface area contributed by atoms with Crippen LogP contribution in [0.2, 0.25) is 5.02 Å². The second-order valence-electron chi connectivity index (χ2n) is 4.45. The molecule has 3 rings (SSSR count). The molecule has 2 heterocycles. The number of fused-ring (bicyclic) bond motifs is 1. The van der Waals surface area contributed by atoms with Gasteiger partial charge in [0, 0.05) is 19.0 Å². The van der Waals surface area contributed by atoms with Crippen LogP contribution in [-0.4, -0.2) is 22.0 Å². The Kier molecular flexibility index (Phi) is 3.11. The Morgan fingerprint density at radius 1 is 1.53 bits per heavy atom. The third-order valence-corrected chi connectivity index (χ3v) is 3.77. The molecule has 0 aliphatic carbocycles. The topological polar surface area (TPSA) is 46.9 Å². The van der Waals surface area contributed by atoms with Crippen molar-refractivity contribution in [2.24, 2.45) is 0 Å². The van der Waals surface area contributed by atoms with E-state index in [1.165, 1.54) is 12.1 Å². The summed E-state index contributed by atoms with van der Waals surface area (Å²) in [4.78, 5) is 15.7. The SMILES string of the molecule is O=C1CC(n2c(CCl)nc3cc(Cl)c(F)cc32)CN1. The normalized spacial score (nSPS) is 19.1. The second kappa shape index (κ2) is 4.65. The molecule has 0 bridgehead atoms. The summed E-state index contributed by atoms with van der Waals surface area (Å²) in [6.07, 6.45) is 0.347. The van der Waals surface area contributed by atoms with Crippen molar-refractivity contribution in [3.63, 3.8) is 0 Å². The van der Waals surface area contributed by atoms with Crippen LogP contribution in [0.25, 0.3) is 11.0 Å². The number of nitrogens with zero attached hydrogens (tertiary/aromatic N) is 2. The van der Waals surface area contributed by atoms with Gasteiger partial charge in [0.2, 0.25) is 5.91 Å². The lowest BCUT2D eigenvalue weighted by Crippen LogP contribution is -2.16. The lowest BCUT2D eigenvalue weighted by atomic mass is 10.2. The molecule has 1 aromatic heterocycles. The summed E-state index contributed by atoms with van der Waals surface area (Å²) in [5.41, 5.74) is 1.19. The molecule has 1 aliphatic heterocycles. The van der Waals surface area contributed by atoms with Crippen molar-refractivity contribution in [3.05, 3.63) is 28.8 Å². The van der Waals surface area contributed by atoms with Gasteiger partial charge in [-0.25, -0.2) is 9.37 Å². The first-order valence-electron chi connectivity index (χ1n) is 5.78. The van der Waals surface area contributed by atoms with Crippen LogP contribution in [0.1, 0.15) is 18.3 Å². The molecular formula is C12H10Cl2FN3O. The van der Waals surface area contributed by atoms with E-state index in [0.29, 0.717) is 29.8 Å². The summed E-state index contributed by atoms with van der Waals surface area (Å²) in [6, 6.07) is 2.72. The van der Waals surface area contributed by atoms with Gasteiger partial charge in [0.15, 0.2) is 0 Å². The number of aromatic nitrogens is 2. The van der Waals surface area contributed by atoms with Crippen molar-refractivity contribution in [1.29, 1.82) is 0 Å². The van der Waals surface area contributed by atoms with Crippen LogP contribution in [0, 0.1) is 5.82 Å². The highest BCUT2D eigenvalue weighted by atomic mass is 35.5. The van der Waals surface area contributed by atoms with Crippen molar-refractivity contribution in [2.45, 2.75) is 18.3 Å². The molecule has 1 N–H and O–H groups in total. The number of nitrogens with one attached hydrogen (secondary N) is 1. The Hall–Kier alpha value is -1.33.